The van der Waals surface area contributed by atoms with E-state index in [4.69, 9.17) is 17.3 Å². The molecular weight excluding hydrogens is 293 g/mol. The number of nitrogen functional groups attached to an aromatic ring is 1. The normalized spacial score (nSPS) is 14.8. The average molecular weight is 309 g/mol. The van der Waals surface area contributed by atoms with E-state index < -0.39 is 12.2 Å². The van der Waals surface area contributed by atoms with E-state index in [9.17, 15) is 10.2 Å². The molecule has 1 aromatic rings. The number of benzene rings is 1. The largest absolute Gasteiger partial charge is 0.397 e. The van der Waals surface area contributed by atoms with Gasteiger partial charge in [-0.3, -0.25) is 0 Å². The molecule has 0 aliphatic carbocycles. The summed E-state index contributed by atoms with van der Waals surface area (Å²) >= 11 is 9.13. The summed E-state index contributed by atoms with van der Waals surface area (Å²) in [4.78, 5) is 0. The predicted octanol–water partition coefficient (Wildman–Crippen LogP) is 2.41. The van der Waals surface area contributed by atoms with Gasteiger partial charge in [0.2, 0.25) is 0 Å². The van der Waals surface area contributed by atoms with Crippen LogP contribution in [0.25, 0.3) is 0 Å². The molecule has 0 aromatic heterocycles. The van der Waals surface area contributed by atoms with Gasteiger partial charge in [-0.1, -0.05) is 33.6 Å². The second-order valence-corrected chi connectivity index (χ2v) is 4.92. The molecule has 2 unspecified atom stereocenters. The number of anilines is 1. The first-order chi connectivity index (χ1) is 7.47. The highest BCUT2D eigenvalue weighted by Gasteiger charge is 2.19. The van der Waals surface area contributed by atoms with Gasteiger partial charge in [0.25, 0.3) is 0 Å². The number of hydrogen-bond donors (Lipinski definition) is 3. The van der Waals surface area contributed by atoms with Crippen molar-refractivity contribution in [3.63, 3.8) is 0 Å². The minimum absolute atomic E-state index is 0.403. The Hall–Kier alpha value is -0.290. The number of aryl methyl sites for hydroxylation is 1. The molecule has 0 saturated carbocycles. The first-order valence-corrected chi connectivity index (χ1v) is 6.45. The van der Waals surface area contributed by atoms with Crippen LogP contribution in [0.2, 0.25) is 5.02 Å². The highest BCUT2D eigenvalue weighted by molar-refractivity contribution is 9.09. The first kappa shape index (κ1) is 13.8. The molecule has 0 aliphatic rings. The van der Waals surface area contributed by atoms with Crippen LogP contribution in [-0.2, 0) is 0 Å². The molecule has 0 bridgehead atoms. The molecular formula is C11H15BrClNO2. The van der Waals surface area contributed by atoms with Crippen molar-refractivity contribution in [2.24, 2.45) is 0 Å². The molecule has 0 radical (unpaired) electrons. The minimum atomic E-state index is -0.936. The summed E-state index contributed by atoms with van der Waals surface area (Å²) in [6.07, 6.45) is -1.27. The highest BCUT2D eigenvalue weighted by atomic mass is 79.9. The summed E-state index contributed by atoms with van der Waals surface area (Å²) in [6, 6.07) is 3.33. The van der Waals surface area contributed by atoms with Crippen molar-refractivity contribution >= 4 is 33.2 Å². The Morgan fingerprint density at radius 2 is 2.06 bits per heavy atom. The fourth-order valence-corrected chi connectivity index (χ4v) is 2.19. The zero-order valence-electron chi connectivity index (χ0n) is 8.95. The third kappa shape index (κ3) is 3.10. The Balaban J connectivity index is 2.96. The molecule has 0 heterocycles. The number of rotatable bonds is 4. The maximum absolute atomic E-state index is 9.89. The number of aliphatic hydroxyl groups is 2. The van der Waals surface area contributed by atoms with Crippen LogP contribution in [-0.4, -0.2) is 21.6 Å². The molecule has 16 heavy (non-hydrogen) atoms. The molecule has 0 fully saturated rings. The number of nitrogens with two attached hydrogens (primary N) is 1. The van der Waals surface area contributed by atoms with Crippen LogP contribution in [0.3, 0.4) is 0 Å². The molecule has 4 N–H and O–H groups in total. The van der Waals surface area contributed by atoms with E-state index in [1.165, 1.54) is 0 Å². The van der Waals surface area contributed by atoms with Crippen molar-refractivity contribution in [2.45, 2.75) is 25.6 Å². The van der Waals surface area contributed by atoms with E-state index in [0.717, 1.165) is 5.56 Å². The van der Waals surface area contributed by atoms with Gasteiger partial charge in [0.05, 0.1) is 16.8 Å². The van der Waals surface area contributed by atoms with E-state index in [1.807, 2.05) is 6.92 Å². The van der Waals surface area contributed by atoms with Gasteiger partial charge < -0.3 is 15.9 Å². The molecule has 3 nitrogen and oxygen atoms in total. The number of halogens is 2. The van der Waals surface area contributed by atoms with Crippen LogP contribution in [0.4, 0.5) is 5.69 Å². The lowest BCUT2D eigenvalue weighted by molar-refractivity contribution is 0.0173. The fraction of sp³-hybridized carbons (Fsp3) is 0.455. The summed E-state index contributed by atoms with van der Waals surface area (Å²) in [5.74, 6) is 0. The maximum Gasteiger partial charge on any atom is 0.105 e. The van der Waals surface area contributed by atoms with Gasteiger partial charge >= 0.3 is 0 Å². The van der Waals surface area contributed by atoms with E-state index in [2.05, 4.69) is 15.9 Å². The second kappa shape index (κ2) is 5.87. The predicted molar refractivity (Wildman–Crippen MR) is 70.0 cm³/mol. The number of alkyl halides is 1. The van der Waals surface area contributed by atoms with Crippen LogP contribution in [0.15, 0.2) is 12.1 Å². The SMILES string of the molecule is Cc1cc(C(O)C(O)CCBr)cc(Cl)c1N. The van der Waals surface area contributed by atoms with Crippen molar-refractivity contribution in [1.82, 2.24) is 0 Å². The lowest BCUT2D eigenvalue weighted by Crippen LogP contribution is -2.18. The highest BCUT2D eigenvalue weighted by Crippen LogP contribution is 2.29. The van der Waals surface area contributed by atoms with Crippen molar-refractivity contribution in [3.05, 3.63) is 28.3 Å². The van der Waals surface area contributed by atoms with Crippen molar-refractivity contribution in [3.8, 4) is 0 Å². The van der Waals surface area contributed by atoms with Gasteiger partial charge in [-0.2, -0.15) is 0 Å². The summed E-state index contributed by atoms with van der Waals surface area (Å²) in [5, 5.41) is 20.6. The second-order valence-electron chi connectivity index (χ2n) is 3.72. The Labute approximate surface area is 108 Å². The molecule has 2 atom stereocenters. The third-order valence-corrected chi connectivity index (χ3v) is 3.24. The van der Waals surface area contributed by atoms with Crippen LogP contribution >= 0.6 is 27.5 Å². The van der Waals surface area contributed by atoms with Crippen molar-refractivity contribution < 1.29 is 10.2 Å². The molecule has 0 spiro atoms. The summed E-state index contributed by atoms with van der Waals surface area (Å²) in [6.45, 7) is 1.81. The summed E-state index contributed by atoms with van der Waals surface area (Å²) in [5.41, 5.74) is 7.60. The topological polar surface area (TPSA) is 66.5 Å². The van der Waals surface area contributed by atoms with E-state index in [0.29, 0.717) is 28.0 Å². The quantitative estimate of drug-likeness (QED) is 0.591. The monoisotopic (exact) mass is 307 g/mol. The zero-order chi connectivity index (χ0) is 12.3. The van der Waals surface area contributed by atoms with Crippen LogP contribution < -0.4 is 5.73 Å². The Morgan fingerprint density at radius 3 is 2.56 bits per heavy atom. The fourth-order valence-electron chi connectivity index (χ4n) is 1.44. The third-order valence-electron chi connectivity index (χ3n) is 2.47. The Kier molecular flexibility index (Phi) is 5.05. The van der Waals surface area contributed by atoms with Crippen LogP contribution in [0.5, 0.6) is 0 Å². The van der Waals surface area contributed by atoms with Gasteiger partial charge in [-0.25, -0.2) is 0 Å². The average Bonchev–Trinajstić information content (AvgIpc) is 2.24. The van der Waals surface area contributed by atoms with Crippen molar-refractivity contribution in [1.29, 1.82) is 0 Å². The Morgan fingerprint density at radius 1 is 1.44 bits per heavy atom. The van der Waals surface area contributed by atoms with Crippen molar-refractivity contribution in [2.75, 3.05) is 11.1 Å². The molecule has 1 rings (SSSR count). The maximum atomic E-state index is 9.89. The van der Waals surface area contributed by atoms with E-state index in [1.54, 1.807) is 12.1 Å². The van der Waals surface area contributed by atoms with Crippen LogP contribution in [0, 0.1) is 6.92 Å². The molecule has 90 valence electrons. The minimum Gasteiger partial charge on any atom is -0.397 e. The summed E-state index contributed by atoms with van der Waals surface area (Å²) < 4.78 is 0. The lowest BCUT2D eigenvalue weighted by Gasteiger charge is -2.18. The smallest absolute Gasteiger partial charge is 0.105 e. The lowest BCUT2D eigenvalue weighted by atomic mass is 10.00. The Bertz CT molecular complexity index is 350. The molecule has 0 aliphatic heterocycles. The van der Waals surface area contributed by atoms with Gasteiger partial charge in [-0.15, -0.1) is 0 Å². The summed E-state index contributed by atoms with van der Waals surface area (Å²) in [7, 11) is 0. The van der Waals surface area contributed by atoms with Gasteiger partial charge in [0.15, 0.2) is 0 Å². The molecule has 0 amide bonds. The van der Waals surface area contributed by atoms with Crippen LogP contribution in [0.1, 0.15) is 23.7 Å². The first-order valence-electron chi connectivity index (χ1n) is 4.95. The zero-order valence-corrected chi connectivity index (χ0v) is 11.3. The standard InChI is InChI=1S/C11H15BrClNO2/c1-6-4-7(5-8(13)10(6)14)11(16)9(15)2-3-12/h4-5,9,11,15-16H,2-3,14H2,1H3. The molecule has 0 saturated heterocycles. The molecule has 5 heteroatoms. The van der Waals surface area contributed by atoms with E-state index in [-0.39, 0.29) is 0 Å². The molecule has 1 aromatic carbocycles. The van der Waals surface area contributed by atoms with Gasteiger partial charge in [-0.05, 0) is 30.5 Å². The number of hydrogen-bond acceptors (Lipinski definition) is 3. The van der Waals surface area contributed by atoms with Gasteiger partial charge in [0.1, 0.15) is 6.10 Å². The number of aliphatic hydroxyl groups excluding tert-OH is 2. The van der Waals surface area contributed by atoms with E-state index >= 15 is 0 Å². The van der Waals surface area contributed by atoms with Gasteiger partial charge in [0, 0.05) is 5.33 Å².